The molecule has 2 aromatic rings. The Labute approximate surface area is 135 Å². The molecule has 0 saturated carbocycles. The van der Waals surface area contributed by atoms with Crippen molar-refractivity contribution in [3.8, 4) is 0 Å². The number of halogens is 2. The standard InChI is InChI=1S/C16H20Cl2N2O/c1-3-20-15(16(18)11(2)19-20)9-13(10-21)7-12-5-4-6-14(17)8-12/h4-6,8,13,21H,3,7,9-10H2,1-2H3. The number of aliphatic hydroxyl groups excluding tert-OH is 1. The van der Waals surface area contributed by atoms with Crippen molar-refractivity contribution in [1.82, 2.24) is 9.78 Å². The smallest absolute Gasteiger partial charge is 0.0847 e. The van der Waals surface area contributed by atoms with Crippen LogP contribution in [0.2, 0.25) is 10.0 Å². The van der Waals surface area contributed by atoms with Crippen LogP contribution in [-0.4, -0.2) is 21.5 Å². The largest absolute Gasteiger partial charge is 0.396 e. The zero-order chi connectivity index (χ0) is 15.4. The van der Waals surface area contributed by atoms with Crippen LogP contribution in [0.5, 0.6) is 0 Å². The lowest BCUT2D eigenvalue weighted by Gasteiger charge is -2.15. The van der Waals surface area contributed by atoms with E-state index in [-0.39, 0.29) is 12.5 Å². The van der Waals surface area contributed by atoms with E-state index in [9.17, 15) is 5.11 Å². The summed E-state index contributed by atoms with van der Waals surface area (Å²) in [5, 5.41) is 15.5. The first-order valence-corrected chi connectivity index (χ1v) is 7.87. The van der Waals surface area contributed by atoms with Crippen LogP contribution in [0.25, 0.3) is 0 Å². The van der Waals surface area contributed by atoms with Crippen LogP contribution in [-0.2, 0) is 19.4 Å². The van der Waals surface area contributed by atoms with Gasteiger partial charge in [0.25, 0.3) is 0 Å². The monoisotopic (exact) mass is 326 g/mol. The zero-order valence-corrected chi connectivity index (χ0v) is 13.8. The third-order valence-corrected chi connectivity index (χ3v) is 4.33. The van der Waals surface area contributed by atoms with Gasteiger partial charge < -0.3 is 5.11 Å². The van der Waals surface area contributed by atoms with Crippen molar-refractivity contribution in [3.05, 3.63) is 51.3 Å². The third-order valence-electron chi connectivity index (χ3n) is 3.61. The van der Waals surface area contributed by atoms with Crippen LogP contribution in [0.15, 0.2) is 24.3 Å². The minimum atomic E-state index is 0.0994. The Morgan fingerprint density at radius 2 is 2.05 bits per heavy atom. The number of aromatic nitrogens is 2. The Morgan fingerprint density at radius 1 is 1.29 bits per heavy atom. The van der Waals surface area contributed by atoms with E-state index in [0.29, 0.717) is 11.4 Å². The highest BCUT2D eigenvalue weighted by Gasteiger charge is 2.18. The van der Waals surface area contributed by atoms with Crippen LogP contribution in [0.3, 0.4) is 0 Å². The molecule has 1 aromatic carbocycles. The molecular weight excluding hydrogens is 307 g/mol. The fourth-order valence-corrected chi connectivity index (χ4v) is 2.96. The molecule has 3 nitrogen and oxygen atoms in total. The van der Waals surface area contributed by atoms with Gasteiger partial charge in [-0.1, -0.05) is 35.3 Å². The highest BCUT2D eigenvalue weighted by molar-refractivity contribution is 6.31. The van der Waals surface area contributed by atoms with Gasteiger partial charge >= 0.3 is 0 Å². The summed E-state index contributed by atoms with van der Waals surface area (Å²) >= 11 is 12.3. The first-order chi connectivity index (χ1) is 10.0. The first-order valence-electron chi connectivity index (χ1n) is 7.12. The molecule has 0 fully saturated rings. The maximum absolute atomic E-state index is 9.67. The predicted octanol–water partition coefficient (Wildman–Crippen LogP) is 3.91. The van der Waals surface area contributed by atoms with E-state index in [2.05, 4.69) is 5.10 Å². The van der Waals surface area contributed by atoms with Crippen molar-refractivity contribution in [3.63, 3.8) is 0 Å². The number of nitrogens with zero attached hydrogens (tertiary/aromatic N) is 2. The number of aliphatic hydroxyl groups is 1. The molecule has 0 amide bonds. The van der Waals surface area contributed by atoms with Crippen molar-refractivity contribution in [2.24, 2.45) is 5.92 Å². The van der Waals surface area contributed by atoms with Crippen molar-refractivity contribution in [1.29, 1.82) is 0 Å². The average molecular weight is 327 g/mol. The zero-order valence-electron chi connectivity index (χ0n) is 12.3. The summed E-state index contributed by atoms with van der Waals surface area (Å²) in [7, 11) is 0. The molecule has 0 aliphatic rings. The Hall–Kier alpha value is -1.03. The van der Waals surface area contributed by atoms with E-state index in [1.807, 2.05) is 42.8 Å². The Bertz CT molecular complexity index is 610. The van der Waals surface area contributed by atoms with Gasteiger partial charge in [-0.3, -0.25) is 4.68 Å². The van der Waals surface area contributed by atoms with Crippen molar-refractivity contribution in [2.75, 3.05) is 6.61 Å². The summed E-state index contributed by atoms with van der Waals surface area (Å²) in [6.07, 6.45) is 1.47. The highest BCUT2D eigenvalue weighted by Crippen LogP contribution is 2.25. The van der Waals surface area contributed by atoms with Gasteiger partial charge in [-0.25, -0.2) is 0 Å². The summed E-state index contributed by atoms with van der Waals surface area (Å²) in [5.41, 5.74) is 2.96. The van der Waals surface area contributed by atoms with Gasteiger partial charge in [0.15, 0.2) is 0 Å². The molecule has 1 unspecified atom stereocenters. The molecule has 1 N–H and O–H groups in total. The number of hydrogen-bond donors (Lipinski definition) is 1. The molecule has 1 atom stereocenters. The quantitative estimate of drug-likeness (QED) is 0.873. The summed E-state index contributed by atoms with van der Waals surface area (Å²) in [4.78, 5) is 0. The van der Waals surface area contributed by atoms with Crippen molar-refractivity contribution >= 4 is 23.2 Å². The molecule has 0 radical (unpaired) electrons. The van der Waals surface area contributed by atoms with Gasteiger partial charge in [-0.05, 0) is 50.3 Å². The van der Waals surface area contributed by atoms with Crippen LogP contribution in [0.1, 0.15) is 23.9 Å². The molecule has 2 rings (SSSR count). The first kappa shape index (κ1) is 16.3. The third kappa shape index (κ3) is 4.00. The lowest BCUT2D eigenvalue weighted by atomic mass is 9.95. The molecule has 21 heavy (non-hydrogen) atoms. The van der Waals surface area contributed by atoms with E-state index in [4.69, 9.17) is 23.2 Å². The van der Waals surface area contributed by atoms with Crippen LogP contribution >= 0.6 is 23.2 Å². The Morgan fingerprint density at radius 3 is 2.67 bits per heavy atom. The fourth-order valence-electron chi connectivity index (χ4n) is 2.54. The number of aryl methyl sites for hydroxylation is 2. The van der Waals surface area contributed by atoms with Crippen LogP contribution in [0, 0.1) is 12.8 Å². The van der Waals surface area contributed by atoms with Crippen molar-refractivity contribution in [2.45, 2.75) is 33.2 Å². The summed E-state index contributed by atoms with van der Waals surface area (Å²) in [6.45, 7) is 4.83. The average Bonchev–Trinajstić information content (AvgIpc) is 2.74. The molecule has 0 bridgehead atoms. The minimum absolute atomic E-state index is 0.0994. The molecule has 114 valence electrons. The number of benzene rings is 1. The maximum atomic E-state index is 9.67. The molecule has 5 heteroatoms. The lowest BCUT2D eigenvalue weighted by molar-refractivity contribution is 0.223. The fraction of sp³-hybridized carbons (Fsp3) is 0.438. The second-order valence-electron chi connectivity index (χ2n) is 5.25. The predicted molar refractivity (Wildman–Crippen MR) is 87.1 cm³/mol. The molecule has 0 saturated heterocycles. The van der Waals surface area contributed by atoms with E-state index in [1.54, 1.807) is 0 Å². The van der Waals surface area contributed by atoms with Gasteiger partial charge in [0.1, 0.15) is 0 Å². The van der Waals surface area contributed by atoms with E-state index in [1.165, 1.54) is 0 Å². The summed E-state index contributed by atoms with van der Waals surface area (Å²) in [5.74, 6) is 0.0994. The van der Waals surface area contributed by atoms with Gasteiger partial charge in [-0.15, -0.1) is 0 Å². The molecule has 0 spiro atoms. The van der Waals surface area contributed by atoms with E-state index in [0.717, 1.165) is 34.9 Å². The van der Waals surface area contributed by atoms with E-state index >= 15 is 0 Å². The van der Waals surface area contributed by atoms with Gasteiger partial charge in [0.05, 0.1) is 16.4 Å². The molecular formula is C16H20Cl2N2O. The molecule has 1 heterocycles. The molecule has 0 aliphatic heterocycles. The summed E-state index contributed by atoms with van der Waals surface area (Å²) in [6, 6.07) is 7.75. The second kappa shape index (κ2) is 7.30. The second-order valence-corrected chi connectivity index (χ2v) is 6.06. The number of rotatable bonds is 6. The minimum Gasteiger partial charge on any atom is -0.396 e. The Balaban J connectivity index is 2.16. The topological polar surface area (TPSA) is 38.0 Å². The van der Waals surface area contributed by atoms with Gasteiger partial charge in [0, 0.05) is 18.2 Å². The van der Waals surface area contributed by atoms with Gasteiger partial charge in [-0.2, -0.15) is 5.10 Å². The van der Waals surface area contributed by atoms with Crippen LogP contribution < -0.4 is 0 Å². The Kier molecular flexibility index (Phi) is 5.68. The van der Waals surface area contributed by atoms with Crippen molar-refractivity contribution < 1.29 is 5.11 Å². The van der Waals surface area contributed by atoms with Gasteiger partial charge in [0.2, 0.25) is 0 Å². The lowest BCUT2D eigenvalue weighted by Crippen LogP contribution is -2.16. The molecule has 0 aliphatic carbocycles. The van der Waals surface area contributed by atoms with E-state index < -0.39 is 0 Å². The molecule has 1 aromatic heterocycles. The highest BCUT2D eigenvalue weighted by atomic mass is 35.5. The summed E-state index contributed by atoms with van der Waals surface area (Å²) < 4.78 is 1.91. The SMILES string of the molecule is CCn1nc(C)c(Cl)c1CC(CO)Cc1cccc(Cl)c1. The normalized spacial score (nSPS) is 12.6. The number of hydrogen-bond acceptors (Lipinski definition) is 2. The maximum Gasteiger partial charge on any atom is 0.0847 e. The van der Waals surface area contributed by atoms with Crippen LogP contribution in [0.4, 0.5) is 0 Å².